The molecule has 4 heterocycles. The predicted molar refractivity (Wildman–Crippen MR) is 210 cm³/mol. The molecule has 0 bridgehead atoms. The van der Waals surface area contributed by atoms with Crippen LogP contribution < -0.4 is 0 Å². The number of rotatable bonds is 14. The quantitative estimate of drug-likeness (QED) is 0.114. The summed E-state index contributed by atoms with van der Waals surface area (Å²) in [5.41, 5.74) is 17.9. The first-order valence-electron chi connectivity index (χ1n) is 19.2. The maximum absolute atomic E-state index is 6.71. The molecule has 0 aliphatic heterocycles. The second kappa shape index (κ2) is 15.5. The molecule has 7 heteroatoms. The van der Waals surface area contributed by atoms with Crippen molar-refractivity contribution in [1.82, 2.24) is 28.7 Å². The Balaban J connectivity index is 1.40. The lowest BCUT2D eigenvalue weighted by atomic mass is 9.95. The maximum atomic E-state index is 6.71. The van der Waals surface area contributed by atoms with Gasteiger partial charge in [0.05, 0.1) is 24.6 Å². The van der Waals surface area contributed by atoms with Gasteiger partial charge in [-0.2, -0.15) is 0 Å². The minimum atomic E-state index is 0.452. The molecule has 0 N–H and O–H groups in total. The fourth-order valence-corrected chi connectivity index (χ4v) is 8.46. The van der Waals surface area contributed by atoms with Gasteiger partial charge in [0.2, 0.25) is 0 Å². The number of ether oxygens (including phenoxy) is 1. The van der Waals surface area contributed by atoms with E-state index in [1.165, 1.54) is 45.0 Å². The highest BCUT2D eigenvalue weighted by atomic mass is 16.5. The van der Waals surface area contributed by atoms with E-state index in [1.807, 2.05) is 12.4 Å². The largest absolute Gasteiger partial charge is 0.372 e. The first-order chi connectivity index (χ1) is 24.7. The molecular formula is C44H56N6O. The number of hydrogen-bond acceptors (Lipinski definition) is 5. The van der Waals surface area contributed by atoms with Crippen molar-refractivity contribution >= 4 is 11.3 Å². The van der Waals surface area contributed by atoms with Crippen molar-refractivity contribution in [2.45, 2.75) is 133 Å². The van der Waals surface area contributed by atoms with Crippen LogP contribution in [0.2, 0.25) is 0 Å². The minimum Gasteiger partial charge on any atom is -0.372 e. The van der Waals surface area contributed by atoms with E-state index in [9.17, 15) is 0 Å². The monoisotopic (exact) mass is 684 g/mol. The molecule has 0 saturated carbocycles. The minimum absolute atomic E-state index is 0.452. The number of hydrogen-bond donors (Lipinski definition) is 0. The number of fused-ring (bicyclic) bond motifs is 2. The molecule has 6 aromatic rings. The van der Waals surface area contributed by atoms with Crippen LogP contribution in [0.25, 0.3) is 33.8 Å². The highest BCUT2D eigenvalue weighted by Crippen LogP contribution is 2.37. The Kier molecular flexibility index (Phi) is 11.1. The fourth-order valence-electron chi connectivity index (χ4n) is 8.46. The lowest BCUT2D eigenvalue weighted by Gasteiger charge is -2.18. The summed E-state index contributed by atoms with van der Waals surface area (Å²) in [4.78, 5) is 20.4. The van der Waals surface area contributed by atoms with Crippen molar-refractivity contribution in [3.63, 3.8) is 0 Å². The summed E-state index contributed by atoms with van der Waals surface area (Å²) in [6.07, 6.45) is 14.2. The average molecular weight is 685 g/mol. The molecule has 4 aromatic heterocycles. The number of aryl methyl sites for hydroxylation is 6. The Hall–Kier alpha value is -4.36. The highest BCUT2D eigenvalue weighted by molar-refractivity contribution is 5.80. The van der Waals surface area contributed by atoms with Crippen LogP contribution in [0.1, 0.15) is 135 Å². The third-order valence-corrected chi connectivity index (χ3v) is 10.8. The van der Waals surface area contributed by atoms with Gasteiger partial charge < -0.3 is 13.5 Å². The van der Waals surface area contributed by atoms with E-state index in [0.717, 1.165) is 83.5 Å². The van der Waals surface area contributed by atoms with E-state index >= 15 is 0 Å². The summed E-state index contributed by atoms with van der Waals surface area (Å²) in [7, 11) is 0. The van der Waals surface area contributed by atoms with Crippen molar-refractivity contribution in [3.8, 4) is 22.5 Å². The Labute approximate surface area is 304 Å². The molecule has 268 valence electrons. The molecule has 0 unspecified atom stereocenters. The van der Waals surface area contributed by atoms with Crippen LogP contribution >= 0.6 is 0 Å². The highest BCUT2D eigenvalue weighted by Gasteiger charge is 2.25. The molecule has 51 heavy (non-hydrogen) atoms. The van der Waals surface area contributed by atoms with Gasteiger partial charge in [-0.05, 0) is 88.5 Å². The molecule has 0 aliphatic carbocycles. The second-order valence-corrected chi connectivity index (χ2v) is 14.3. The number of imidazole rings is 2. The smallest absolute Gasteiger partial charge is 0.163 e. The molecule has 7 nitrogen and oxygen atoms in total. The molecule has 0 saturated heterocycles. The van der Waals surface area contributed by atoms with E-state index in [-0.39, 0.29) is 0 Å². The van der Waals surface area contributed by atoms with Crippen LogP contribution in [0, 0.1) is 27.7 Å². The van der Waals surface area contributed by atoms with Crippen molar-refractivity contribution < 1.29 is 4.74 Å². The number of aromatic nitrogens is 6. The lowest BCUT2D eigenvalue weighted by Crippen LogP contribution is -2.06. The van der Waals surface area contributed by atoms with Gasteiger partial charge in [0.25, 0.3) is 0 Å². The van der Waals surface area contributed by atoms with Crippen LogP contribution in [0.4, 0.5) is 0 Å². The van der Waals surface area contributed by atoms with Crippen LogP contribution in [-0.2, 0) is 30.8 Å². The Morgan fingerprint density at radius 2 is 0.961 bits per heavy atom. The van der Waals surface area contributed by atoms with Gasteiger partial charge in [0.1, 0.15) is 11.4 Å². The van der Waals surface area contributed by atoms with Crippen molar-refractivity contribution in [1.29, 1.82) is 0 Å². The van der Waals surface area contributed by atoms with E-state index in [0.29, 0.717) is 25.0 Å². The molecular weight excluding hydrogens is 629 g/mol. The SMILES string of the molecule is CCc1nc2c(-c3c(C)cc(C)cc3COCc3cc(C)cc(C)c3-c3nccn4c(C(CC)CC)c(CC)nc34)nccn2c1C(CC)CC. The van der Waals surface area contributed by atoms with Crippen LogP contribution in [0.15, 0.2) is 49.1 Å². The van der Waals surface area contributed by atoms with Crippen molar-refractivity contribution in [2.75, 3.05) is 0 Å². The zero-order valence-corrected chi connectivity index (χ0v) is 32.5. The third kappa shape index (κ3) is 6.73. The summed E-state index contributed by atoms with van der Waals surface area (Å²) in [6.45, 7) is 23.1. The van der Waals surface area contributed by atoms with Gasteiger partial charge in [-0.15, -0.1) is 0 Å². The van der Waals surface area contributed by atoms with E-state index in [1.54, 1.807) is 0 Å². The molecule has 0 atom stereocenters. The maximum Gasteiger partial charge on any atom is 0.163 e. The first-order valence-corrected chi connectivity index (χ1v) is 19.2. The second-order valence-electron chi connectivity index (χ2n) is 14.3. The zero-order chi connectivity index (χ0) is 36.4. The van der Waals surface area contributed by atoms with Crippen LogP contribution in [-0.4, -0.2) is 28.7 Å². The van der Waals surface area contributed by atoms with E-state index in [2.05, 4.69) is 115 Å². The molecule has 0 aliphatic rings. The molecule has 2 aromatic carbocycles. The van der Waals surface area contributed by atoms with E-state index < -0.39 is 0 Å². The summed E-state index contributed by atoms with van der Waals surface area (Å²) in [5.74, 6) is 0.919. The number of nitrogens with zero attached hydrogens (tertiary/aromatic N) is 6. The van der Waals surface area contributed by atoms with E-state index in [4.69, 9.17) is 24.7 Å². The topological polar surface area (TPSA) is 69.6 Å². The van der Waals surface area contributed by atoms with Gasteiger partial charge in [-0.1, -0.05) is 76.9 Å². The Morgan fingerprint density at radius 1 is 0.569 bits per heavy atom. The van der Waals surface area contributed by atoms with Crippen LogP contribution in [0.5, 0.6) is 0 Å². The Bertz CT molecular complexity index is 2010. The molecule has 0 amide bonds. The van der Waals surface area contributed by atoms with Gasteiger partial charge in [-0.25, -0.2) is 9.97 Å². The predicted octanol–water partition coefficient (Wildman–Crippen LogP) is 11.0. The van der Waals surface area contributed by atoms with Crippen LogP contribution in [0.3, 0.4) is 0 Å². The average Bonchev–Trinajstić information content (AvgIpc) is 3.68. The fraction of sp³-hybridized carbons (Fsp3) is 0.455. The normalized spacial score (nSPS) is 12.0. The Morgan fingerprint density at radius 3 is 1.31 bits per heavy atom. The van der Waals surface area contributed by atoms with Crippen molar-refractivity contribution in [2.24, 2.45) is 0 Å². The molecule has 6 rings (SSSR count). The zero-order valence-electron chi connectivity index (χ0n) is 32.5. The third-order valence-electron chi connectivity index (χ3n) is 10.8. The summed E-state index contributed by atoms with van der Waals surface area (Å²) < 4.78 is 11.3. The molecule has 0 radical (unpaired) electrons. The van der Waals surface area contributed by atoms with Crippen molar-refractivity contribution in [3.05, 3.63) is 105 Å². The van der Waals surface area contributed by atoms with Gasteiger partial charge in [0, 0.05) is 59.1 Å². The van der Waals surface area contributed by atoms with Gasteiger partial charge >= 0.3 is 0 Å². The van der Waals surface area contributed by atoms with Gasteiger partial charge in [-0.3, -0.25) is 9.97 Å². The summed E-state index contributed by atoms with van der Waals surface area (Å²) >= 11 is 0. The summed E-state index contributed by atoms with van der Waals surface area (Å²) in [6, 6.07) is 8.99. The lowest BCUT2D eigenvalue weighted by molar-refractivity contribution is 0.107. The molecule has 0 spiro atoms. The number of benzene rings is 2. The summed E-state index contributed by atoms with van der Waals surface area (Å²) in [5, 5.41) is 0. The first kappa shape index (κ1) is 36.4. The standard InChI is InChI=1S/C44H56N6O/c1-11-31(12-2)41-35(15-5)47-43-39(45-17-19-49(41)43)37-29(9)21-27(7)23-33(37)25-51-26-34-24-28(8)22-30(10)38(34)40-44-48-36(16-6)42(32(13-3)14-4)50(44)20-18-46-40/h17-24,31-32H,11-16,25-26H2,1-10H3. The van der Waals surface area contributed by atoms with Gasteiger partial charge in [0.15, 0.2) is 11.3 Å². The molecule has 0 fully saturated rings.